The smallest absolute Gasteiger partial charge is 0.408 e. The number of alkyl halides is 1. The Balaban J connectivity index is 2.91. The molecule has 0 radical (unpaired) electrons. The Bertz CT molecular complexity index is 318. The summed E-state index contributed by atoms with van der Waals surface area (Å²) in [6, 6.07) is 0. The molecule has 0 aromatic rings. The van der Waals surface area contributed by atoms with Crippen molar-refractivity contribution in [1.82, 2.24) is 4.90 Å². The van der Waals surface area contributed by atoms with Crippen molar-refractivity contribution in [3.8, 4) is 0 Å². The maximum absolute atomic E-state index is 11.3. The van der Waals surface area contributed by atoms with E-state index >= 15 is 0 Å². The first-order valence-corrected chi connectivity index (χ1v) is 6.11. The molecule has 1 fully saturated rings. The number of carboxylic acids is 1. The summed E-state index contributed by atoms with van der Waals surface area (Å²) in [5.41, 5.74) is -1.27. The van der Waals surface area contributed by atoms with Gasteiger partial charge in [0.15, 0.2) is 0 Å². The first-order chi connectivity index (χ1) is 7.54. The summed E-state index contributed by atoms with van der Waals surface area (Å²) in [5, 5.41) is 18.9. The SMILES string of the molecule is O=C(O)N1CCCC1(C/C=C\CBr)C(=O)O. The van der Waals surface area contributed by atoms with Crippen molar-refractivity contribution < 1.29 is 19.8 Å². The summed E-state index contributed by atoms with van der Waals surface area (Å²) in [7, 11) is 0. The highest BCUT2D eigenvalue weighted by molar-refractivity contribution is 9.09. The summed E-state index contributed by atoms with van der Waals surface area (Å²) in [5.74, 6) is -1.06. The van der Waals surface area contributed by atoms with Crippen LogP contribution in [-0.4, -0.2) is 44.6 Å². The van der Waals surface area contributed by atoms with E-state index in [1.165, 1.54) is 0 Å². The Morgan fingerprint density at radius 3 is 2.56 bits per heavy atom. The van der Waals surface area contributed by atoms with Gasteiger partial charge in [-0.1, -0.05) is 28.1 Å². The van der Waals surface area contributed by atoms with Crippen LogP contribution in [0.1, 0.15) is 19.3 Å². The molecule has 5 nitrogen and oxygen atoms in total. The van der Waals surface area contributed by atoms with Crippen molar-refractivity contribution in [2.45, 2.75) is 24.8 Å². The maximum Gasteiger partial charge on any atom is 0.408 e. The molecule has 2 N–H and O–H groups in total. The number of likely N-dealkylation sites (tertiary alicyclic amines) is 1. The summed E-state index contributed by atoms with van der Waals surface area (Å²) in [4.78, 5) is 23.3. The van der Waals surface area contributed by atoms with Gasteiger partial charge in [0.2, 0.25) is 0 Å². The molecule has 0 saturated carbocycles. The van der Waals surface area contributed by atoms with Crippen molar-refractivity contribution >= 4 is 28.0 Å². The molecule has 1 heterocycles. The number of amides is 1. The number of carbonyl (C=O) groups is 2. The molecule has 1 rings (SSSR count). The van der Waals surface area contributed by atoms with Crippen LogP contribution in [0.5, 0.6) is 0 Å². The van der Waals surface area contributed by atoms with Crippen LogP contribution in [-0.2, 0) is 4.79 Å². The monoisotopic (exact) mass is 291 g/mol. The second-order valence-corrected chi connectivity index (χ2v) is 4.35. The minimum Gasteiger partial charge on any atom is -0.479 e. The fraction of sp³-hybridized carbons (Fsp3) is 0.600. The second kappa shape index (κ2) is 5.34. The molecule has 1 saturated heterocycles. The van der Waals surface area contributed by atoms with Gasteiger partial charge in [-0.05, 0) is 19.3 Å². The third kappa shape index (κ3) is 2.37. The Hall–Kier alpha value is -1.04. The van der Waals surface area contributed by atoms with Gasteiger partial charge in [0.25, 0.3) is 0 Å². The van der Waals surface area contributed by atoms with E-state index in [4.69, 9.17) is 5.11 Å². The van der Waals surface area contributed by atoms with Crippen LogP contribution in [0.25, 0.3) is 0 Å². The van der Waals surface area contributed by atoms with E-state index in [-0.39, 0.29) is 6.42 Å². The number of rotatable bonds is 4. The number of aliphatic carboxylic acids is 1. The van der Waals surface area contributed by atoms with Gasteiger partial charge in [0, 0.05) is 11.9 Å². The average Bonchev–Trinajstić information content (AvgIpc) is 2.63. The van der Waals surface area contributed by atoms with E-state index in [1.54, 1.807) is 12.2 Å². The predicted molar refractivity (Wildman–Crippen MR) is 61.9 cm³/mol. The Labute approximate surface area is 102 Å². The van der Waals surface area contributed by atoms with Gasteiger partial charge in [-0.3, -0.25) is 4.90 Å². The van der Waals surface area contributed by atoms with Gasteiger partial charge in [0.05, 0.1) is 0 Å². The van der Waals surface area contributed by atoms with E-state index in [0.29, 0.717) is 24.7 Å². The molecule has 6 heteroatoms. The minimum absolute atomic E-state index is 0.222. The average molecular weight is 292 g/mol. The molecular formula is C10H14BrNO4. The number of hydrogen-bond acceptors (Lipinski definition) is 2. The molecule has 0 aromatic heterocycles. The van der Waals surface area contributed by atoms with Gasteiger partial charge in [0.1, 0.15) is 5.54 Å². The van der Waals surface area contributed by atoms with Crippen LogP contribution < -0.4 is 0 Å². The van der Waals surface area contributed by atoms with Crippen molar-refractivity contribution in [1.29, 1.82) is 0 Å². The molecule has 0 aromatic carbocycles. The molecule has 1 atom stereocenters. The van der Waals surface area contributed by atoms with E-state index in [9.17, 15) is 14.7 Å². The number of hydrogen-bond donors (Lipinski definition) is 2. The molecule has 0 bridgehead atoms. The van der Waals surface area contributed by atoms with Crippen LogP contribution in [0, 0.1) is 0 Å². The van der Waals surface area contributed by atoms with Crippen LogP contribution in [0.2, 0.25) is 0 Å². The number of halogens is 1. The lowest BCUT2D eigenvalue weighted by atomic mass is 9.92. The first kappa shape index (κ1) is 13.0. The molecule has 0 spiro atoms. The normalized spacial score (nSPS) is 25.2. The zero-order valence-corrected chi connectivity index (χ0v) is 10.3. The number of nitrogens with zero attached hydrogens (tertiary/aromatic N) is 1. The van der Waals surface area contributed by atoms with Gasteiger partial charge < -0.3 is 10.2 Å². The second-order valence-electron chi connectivity index (χ2n) is 3.70. The van der Waals surface area contributed by atoms with Gasteiger partial charge in [-0.2, -0.15) is 0 Å². The third-order valence-electron chi connectivity index (χ3n) is 2.83. The van der Waals surface area contributed by atoms with Crippen molar-refractivity contribution in [3.05, 3.63) is 12.2 Å². The summed E-state index contributed by atoms with van der Waals surface area (Å²) < 4.78 is 0. The van der Waals surface area contributed by atoms with Crippen LogP contribution in [0.3, 0.4) is 0 Å². The molecule has 1 amide bonds. The lowest BCUT2D eigenvalue weighted by molar-refractivity contribution is -0.148. The molecule has 0 aliphatic carbocycles. The lowest BCUT2D eigenvalue weighted by Gasteiger charge is -2.31. The zero-order chi connectivity index (χ0) is 12.2. The van der Waals surface area contributed by atoms with Crippen LogP contribution in [0.15, 0.2) is 12.2 Å². The molecular weight excluding hydrogens is 278 g/mol. The van der Waals surface area contributed by atoms with Gasteiger partial charge >= 0.3 is 12.1 Å². The fourth-order valence-corrected chi connectivity index (χ4v) is 2.28. The predicted octanol–water partition coefficient (Wildman–Crippen LogP) is 1.92. The number of carboxylic acid groups (broad SMARTS) is 2. The maximum atomic E-state index is 11.3. The highest BCUT2D eigenvalue weighted by Crippen LogP contribution is 2.33. The van der Waals surface area contributed by atoms with E-state index < -0.39 is 17.6 Å². The van der Waals surface area contributed by atoms with Crippen molar-refractivity contribution in [2.75, 3.05) is 11.9 Å². The van der Waals surface area contributed by atoms with E-state index in [0.717, 1.165) is 4.90 Å². The standard InChI is InChI=1S/C10H14BrNO4/c11-6-2-1-4-10(8(13)14)5-3-7-12(10)9(15)16/h1-2H,3-7H2,(H,13,14)(H,15,16)/b2-1-. The van der Waals surface area contributed by atoms with Crippen molar-refractivity contribution in [3.63, 3.8) is 0 Å². The Morgan fingerprint density at radius 2 is 2.06 bits per heavy atom. The Morgan fingerprint density at radius 1 is 1.38 bits per heavy atom. The summed E-state index contributed by atoms with van der Waals surface area (Å²) in [6.45, 7) is 0.295. The Kier molecular flexibility index (Phi) is 4.35. The largest absolute Gasteiger partial charge is 0.479 e. The van der Waals surface area contributed by atoms with Crippen LogP contribution >= 0.6 is 15.9 Å². The van der Waals surface area contributed by atoms with E-state index in [1.807, 2.05) is 0 Å². The topological polar surface area (TPSA) is 77.8 Å². The molecule has 16 heavy (non-hydrogen) atoms. The quantitative estimate of drug-likeness (QED) is 0.613. The highest BCUT2D eigenvalue weighted by Gasteiger charge is 2.49. The summed E-state index contributed by atoms with van der Waals surface area (Å²) in [6.07, 6.45) is 3.53. The van der Waals surface area contributed by atoms with Crippen molar-refractivity contribution in [2.24, 2.45) is 0 Å². The third-order valence-corrected chi connectivity index (χ3v) is 3.20. The number of allylic oxidation sites excluding steroid dienone is 1. The molecule has 1 unspecified atom stereocenters. The molecule has 90 valence electrons. The summed E-state index contributed by atoms with van der Waals surface area (Å²) >= 11 is 3.19. The van der Waals surface area contributed by atoms with Crippen LogP contribution in [0.4, 0.5) is 4.79 Å². The molecule has 1 aliphatic rings. The lowest BCUT2D eigenvalue weighted by Crippen LogP contribution is -2.52. The first-order valence-electron chi connectivity index (χ1n) is 4.99. The van der Waals surface area contributed by atoms with Gasteiger partial charge in [-0.15, -0.1) is 0 Å². The van der Waals surface area contributed by atoms with Gasteiger partial charge in [-0.25, -0.2) is 9.59 Å². The van der Waals surface area contributed by atoms with E-state index in [2.05, 4.69) is 15.9 Å². The molecule has 1 aliphatic heterocycles. The minimum atomic E-state index is -1.27. The fourth-order valence-electron chi connectivity index (χ4n) is 2.02. The zero-order valence-electron chi connectivity index (χ0n) is 8.73. The highest BCUT2D eigenvalue weighted by atomic mass is 79.9.